The first-order valence-corrected chi connectivity index (χ1v) is 6.84. The number of amides is 2. The van der Waals surface area contributed by atoms with Crippen LogP contribution in [0, 0.1) is 0 Å². The highest BCUT2D eigenvalue weighted by Gasteiger charge is 2.14. The SMILES string of the molecule is CCC.CNCC(=O)NC(C)C(=O)Nc1ccccc1. The third-order valence-electron chi connectivity index (χ3n) is 2.15. The highest BCUT2D eigenvalue weighted by molar-refractivity contribution is 5.97. The highest BCUT2D eigenvalue weighted by Crippen LogP contribution is 2.05. The van der Waals surface area contributed by atoms with Gasteiger partial charge in [0.2, 0.25) is 11.8 Å². The van der Waals surface area contributed by atoms with Crippen LogP contribution in [0.5, 0.6) is 0 Å². The van der Waals surface area contributed by atoms with Gasteiger partial charge in [0.15, 0.2) is 0 Å². The number of rotatable bonds is 5. The largest absolute Gasteiger partial charge is 0.343 e. The number of nitrogens with one attached hydrogen (secondary N) is 3. The molecule has 0 heterocycles. The third-order valence-corrected chi connectivity index (χ3v) is 2.15. The van der Waals surface area contributed by atoms with Crippen LogP contribution in [0.15, 0.2) is 30.3 Å². The fraction of sp³-hybridized carbons (Fsp3) is 0.467. The van der Waals surface area contributed by atoms with Crippen molar-refractivity contribution in [3.05, 3.63) is 30.3 Å². The Morgan fingerprint density at radius 3 is 2.20 bits per heavy atom. The van der Waals surface area contributed by atoms with E-state index in [-0.39, 0.29) is 18.4 Å². The van der Waals surface area contributed by atoms with Crippen LogP contribution in [0.2, 0.25) is 0 Å². The Kier molecular flexibility index (Phi) is 9.96. The summed E-state index contributed by atoms with van der Waals surface area (Å²) in [6.45, 7) is 6.09. The Morgan fingerprint density at radius 2 is 1.70 bits per heavy atom. The monoisotopic (exact) mass is 279 g/mol. The summed E-state index contributed by atoms with van der Waals surface area (Å²) in [5.74, 6) is -0.441. The molecule has 1 atom stereocenters. The van der Waals surface area contributed by atoms with Crippen molar-refractivity contribution in [3.63, 3.8) is 0 Å². The van der Waals surface area contributed by atoms with Gasteiger partial charge in [0.1, 0.15) is 6.04 Å². The maximum absolute atomic E-state index is 11.7. The molecule has 0 saturated heterocycles. The van der Waals surface area contributed by atoms with Crippen molar-refractivity contribution in [2.24, 2.45) is 0 Å². The molecule has 3 N–H and O–H groups in total. The van der Waals surface area contributed by atoms with Gasteiger partial charge in [0, 0.05) is 5.69 Å². The Hall–Kier alpha value is -1.88. The van der Waals surface area contributed by atoms with Gasteiger partial charge in [-0.25, -0.2) is 0 Å². The molecule has 20 heavy (non-hydrogen) atoms. The Balaban J connectivity index is 0.00000110. The highest BCUT2D eigenvalue weighted by atomic mass is 16.2. The molecule has 0 aromatic heterocycles. The first kappa shape index (κ1) is 18.1. The van der Waals surface area contributed by atoms with E-state index in [4.69, 9.17) is 0 Å². The van der Waals surface area contributed by atoms with Gasteiger partial charge in [-0.15, -0.1) is 0 Å². The average molecular weight is 279 g/mol. The van der Waals surface area contributed by atoms with Crippen molar-refractivity contribution in [3.8, 4) is 0 Å². The van der Waals surface area contributed by atoms with Crippen molar-refractivity contribution in [2.75, 3.05) is 18.9 Å². The molecular weight excluding hydrogens is 254 g/mol. The minimum absolute atomic E-state index is 0.197. The molecule has 0 spiro atoms. The first-order valence-electron chi connectivity index (χ1n) is 6.84. The van der Waals surface area contributed by atoms with Crippen LogP contribution >= 0.6 is 0 Å². The summed E-state index contributed by atoms with van der Waals surface area (Å²) >= 11 is 0. The lowest BCUT2D eigenvalue weighted by Crippen LogP contribution is -2.44. The van der Waals surface area contributed by atoms with Crippen LogP contribution in [0.3, 0.4) is 0 Å². The zero-order valence-electron chi connectivity index (χ0n) is 12.7. The van der Waals surface area contributed by atoms with E-state index in [9.17, 15) is 9.59 Å². The smallest absolute Gasteiger partial charge is 0.246 e. The van der Waals surface area contributed by atoms with Crippen LogP contribution in [0.1, 0.15) is 27.2 Å². The predicted octanol–water partition coefficient (Wildman–Crippen LogP) is 1.77. The van der Waals surface area contributed by atoms with Gasteiger partial charge in [-0.1, -0.05) is 38.5 Å². The summed E-state index contributed by atoms with van der Waals surface area (Å²) in [4.78, 5) is 23.0. The van der Waals surface area contributed by atoms with Gasteiger partial charge in [-0.05, 0) is 26.1 Å². The van der Waals surface area contributed by atoms with Crippen LogP contribution < -0.4 is 16.0 Å². The average Bonchev–Trinajstić information content (AvgIpc) is 2.41. The molecule has 0 aliphatic carbocycles. The van der Waals surface area contributed by atoms with Crippen molar-refractivity contribution in [1.82, 2.24) is 10.6 Å². The molecule has 0 fully saturated rings. The van der Waals surface area contributed by atoms with E-state index in [1.54, 1.807) is 26.1 Å². The summed E-state index contributed by atoms with van der Waals surface area (Å²) < 4.78 is 0. The summed E-state index contributed by atoms with van der Waals surface area (Å²) in [6.07, 6.45) is 1.25. The molecule has 0 aliphatic rings. The van der Waals surface area contributed by atoms with E-state index in [1.807, 2.05) is 18.2 Å². The normalized spacial score (nSPS) is 10.8. The summed E-state index contributed by atoms with van der Waals surface area (Å²) in [5.41, 5.74) is 0.715. The van der Waals surface area contributed by atoms with Gasteiger partial charge in [0.05, 0.1) is 6.54 Å². The predicted molar refractivity (Wildman–Crippen MR) is 82.6 cm³/mol. The molecule has 5 heteroatoms. The van der Waals surface area contributed by atoms with Crippen LogP contribution in [0.4, 0.5) is 5.69 Å². The van der Waals surface area contributed by atoms with E-state index >= 15 is 0 Å². The first-order chi connectivity index (χ1) is 9.54. The van der Waals surface area contributed by atoms with Gasteiger partial charge >= 0.3 is 0 Å². The van der Waals surface area contributed by atoms with Crippen molar-refractivity contribution in [1.29, 1.82) is 0 Å². The fourth-order valence-corrected chi connectivity index (χ4v) is 1.29. The number of benzene rings is 1. The van der Waals surface area contributed by atoms with E-state index in [0.717, 1.165) is 0 Å². The Bertz CT molecular complexity index is 393. The molecule has 0 radical (unpaired) electrons. The van der Waals surface area contributed by atoms with E-state index in [2.05, 4.69) is 29.8 Å². The lowest BCUT2D eigenvalue weighted by molar-refractivity contribution is -0.125. The fourth-order valence-electron chi connectivity index (χ4n) is 1.29. The zero-order chi connectivity index (χ0) is 15.4. The Morgan fingerprint density at radius 1 is 1.15 bits per heavy atom. The summed E-state index contributed by atoms with van der Waals surface area (Å²) in [6, 6.07) is 8.56. The maximum Gasteiger partial charge on any atom is 0.246 e. The van der Waals surface area contributed by atoms with E-state index in [0.29, 0.717) is 5.69 Å². The minimum Gasteiger partial charge on any atom is -0.343 e. The van der Waals surface area contributed by atoms with Crippen LogP contribution in [0.25, 0.3) is 0 Å². The Labute approximate surface area is 121 Å². The van der Waals surface area contributed by atoms with Gasteiger partial charge in [0.25, 0.3) is 0 Å². The number of carbonyl (C=O) groups is 2. The molecule has 1 rings (SSSR count). The summed E-state index contributed by atoms with van der Waals surface area (Å²) in [7, 11) is 1.67. The molecule has 0 bridgehead atoms. The van der Waals surface area contributed by atoms with Crippen LogP contribution in [-0.2, 0) is 9.59 Å². The molecule has 1 aromatic rings. The zero-order valence-corrected chi connectivity index (χ0v) is 12.7. The minimum atomic E-state index is -0.559. The maximum atomic E-state index is 11.7. The standard InChI is InChI=1S/C12H17N3O2.C3H8/c1-9(14-11(16)8-13-2)12(17)15-10-6-4-3-5-7-10;1-3-2/h3-7,9,13H,8H2,1-2H3,(H,14,16)(H,15,17);3H2,1-2H3. The van der Waals surface area contributed by atoms with Crippen molar-refractivity contribution in [2.45, 2.75) is 33.2 Å². The molecular formula is C15H25N3O2. The van der Waals surface area contributed by atoms with Gasteiger partial charge in [-0.2, -0.15) is 0 Å². The van der Waals surface area contributed by atoms with Gasteiger partial charge in [-0.3, -0.25) is 9.59 Å². The number of anilines is 1. The van der Waals surface area contributed by atoms with Crippen LogP contribution in [-0.4, -0.2) is 31.4 Å². The number of hydrogen-bond donors (Lipinski definition) is 3. The molecule has 112 valence electrons. The van der Waals surface area contributed by atoms with Gasteiger partial charge < -0.3 is 16.0 Å². The third kappa shape index (κ3) is 8.26. The number of para-hydroxylation sites is 1. The molecule has 0 saturated carbocycles. The second-order valence-electron chi connectivity index (χ2n) is 4.38. The number of hydrogen-bond acceptors (Lipinski definition) is 3. The molecule has 2 amide bonds. The number of likely N-dealkylation sites (N-methyl/N-ethyl adjacent to an activating group) is 1. The van der Waals surface area contributed by atoms with Crippen molar-refractivity contribution >= 4 is 17.5 Å². The summed E-state index contributed by atoms with van der Waals surface area (Å²) in [5, 5.41) is 8.02. The second kappa shape index (κ2) is 11.0. The quantitative estimate of drug-likeness (QED) is 0.769. The molecule has 5 nitrogen and oxygen atoms in total. The molecule has 1 aromatic carbocycles. The van der Waals surface area contributed by atoms with E-state index < -0.39 is 6.04 Å². The lowest BCUT2D eigenvalue weighted by atomic mass is 10.2. The molecule has 1 unspecified atom stereocenters. The number of carbonyl (C=O) groups excluding carboxylic acids is 2. The van der Waals surface area contributed by atoms with E-state index in [1.165, 1.54) is 6.42 Å². The molecule has 0 aliphatic heterocycles. The second-order valence-corrected chi connectivity index (χ2v) is 4.38. The van der Waals surface area contributed by atoms with Crippen molar-refractivity contribution < 1.29 is 9.59 Å². The lowest BCUT2D eigenvalue weighted by Gasteiger charge is -2.13. The topological polar surface area (TPSA) is 70.2 Å².